The minimum Gasteiger partial charge on any atom is -0.426 e. The van der Waals surface area contributed by atoms with Crippen LogP contribution in [0.4, 0.5) is 43.9 Å². The first-order valence-corrected chi connectivity index (χ1v) is 17.4. The van der Waals surface area contributed by atoms with Crippen LogP contribution in [0.15, 0.2) is 48.5 Å². The molecule has 49 heavy (non-hydrogen) atoms. The molecule has 0 bridgehead atoms. The van der Waals surface area contributed by atoms with Gasteiger partial charge in [-0.3, -0.25) is 0 Å². The molecule has 2 aliphatic carbocycles. The fourth-order valence-electron chi connectivity index (χ4n) is 7.90. The van der Waals surface area contributed by atoms with Crippen LogP contribution < -0.4 is 9.47 Å². The molecule has 2 aromatic rings. The molecule has 2 fully saturated rings. The molecule has 0 spiro atoms. The molecule has 12 heteroatoms. The Hall–Kier alpha value is -2.66. The molecule has 2 saturated carbocycles. The maximum Gasteiger partial charge on any atom is 0.499 e. The summed E-state index contributed by atoms with van der Waals surface area (Å²) in [6.45, 7) is 4.32. The van der Waals surface area contributed by atoms with Gasteiger partial charge in [-0.05, 0) is 96.6 Å². The molecule has 2 aliphatic rings. The molecule has 4 rings (SSSR count). The summed E-state index contributed by atoms with van der Waals surface area (Å²) in [6, 6.07) is 10.5. The summed E-state index contributed by atoms with van der Waals surface area (Å²) >= 11 is 0. The Labute approximate surface area is 281 Å². The summed E-state index contributed by atoms with van der Waals surface area (Å²) in [5.74, 6) is 0.490. The van der Waals surface area contributed by atoms with Crippen LogP contribution in [0.5, 0.6) is 11.5 Å². The molecule has 0 heterocycles. The average Bonchev–Trinajstić information content (AvgIpc) is 3.03. The highest BCUT2D eigenvalue weighted by molar-refractivity contribution is 5.32. The van der Waals surface area contributed by atoms with Crippen LogP contribution in [0, 0.1) is 29.6 Å². The number of hydrogen-bond donors (Lipinski definition) is 0. The van der Waals surface area contributed by atoms with Crippen LogP contribution >= 0.6 is 0 Å². The van der Waals surface area contributed by atoms with Gasteiger partial charge in [-0.2, -0.15) is 43.9 Å². The molecule has 0 aromatic heterocycles. The SMILES string of the molecule is CCCC1CCC(CC(c2ccc(OC(F)(F)C(F)(F)F)cc2)C(Cc2ccc(OC(F)(F)C(F)(F)F)cc2)C2CCC(CC)CC2)CC1. The van der Waals surface area contributed by atoms with Gasteiger partial charge >= 0.3 is 24.6 Å². The van der Waals surface area contributed by atoms with E-state index in [9.17, 15) is 43.9 Å². The standard InChI is InChI=1S/C37H46F10O2/c1-3-5-25-6-8-26(9-7-25)22-33(29-16-20-31(21-17-29)49-37(46,47)35(41,42)43)32(28-14-10-24(4-2)11-15-28)23-27-12-18-30(19-13-27)48-36(44,45)34(38,39)40/h12-13,16-21,24-26,28,32-33H,3-11,14-15,22-23H2,1-2H3. The molecule has 0 saturated heterocycles. The molecule has 2 aromatic carbocycles. The van der Waals surface area contributed by atoms with E-state index in [4.69, 9.17) is 0 Å². The van der Waals surface area contributed by atoms with E-state index in [1.54, 1.807) is 12.1 Å². The smallest absolute Gasteiger partial charge is 0.426 e. The van der Waals surface area contributed by atoms with E-state index in [1.165, 1.54) is 12.1 Å². The zero-order valence-corrected chi connectivity index (χ0v) is 27.9. The van der Waals surface area contributed by atoms with Crippen molar-refractivity contribution in [2.75, 3.05) is 0 Å². The van der Waals surface area contributed by atoms with Gasteiger partial charge in [-0.15, -0.1) is 0 Å². The Morgan fingerprint density at radius 2 is 1.04 bits per heavy atom. The van der Waals surface area contributed by atoms with E-state index < -0.39 is 36.1 Å². The third-order valence-electron chi connectivity index (χ3n) is 10.7. The van der Waals surface area contributed by atoms with Gasteiger partial charge in [0, 0.05) is 0 Å². The normalized spacial score (nSPS) is 23.9. The lowest BCUT2D eigenvalue weighted by atomic mass is 9.64. The third kappa shape index (κ3) is 10.4. The van der Waals surface area contributed by atoms with E-state index in [1.807, 2.05) is 0 Å². The van der Waals surface area contributed by atoms with Crippen LogP contribution in [0.3, 0.4) is 0 Å². The first-order valence-electron chi connectivity index (χ1n) is 17.4. The Kier molecular flexibility index (Phi) is 12.9. The molecule has 0 aliphatic heterocycles. The first kappa shape index (κ1) is 39.1. The summed E-state index contributed by atoms with van der Waals surface area (Å²) in [4.78, 5) is 0. The summed E-state index contributed by atoms with van der Waals surface area (Å²) < 4.78 is 139. The van der Waals surface area contributed by atoms with Gasteiger partial charge < -0.3 is 9.47 Å². The number of hydrogen-bond acceptors (Lipinski definition) is 2. The third-order valence-corrected chi connectivity index (χ3v) is 10.7. The Morgan fingerprint density at radius 1 is 0.592 bits per heavy atom. The van der Waals surface area contributed by atoms with Gasteiger partial charge in [-0.1, -0.05) is 95.9 Å². The van der Waals surface area contributed by atoms with Crippen molar-refractivity contribution in [1.29, 1.82) is 0 Å². The van der Waals surface area contributed by atoms with Gasteiger partial charge in [0.1, 0.15) is 11.5 Å². The van der Waals surface area contributed by atoms with Crippen molar-refractivity contribution in [2.24, 2.45) is 29.6 Å². The van der Waals surface area contributed by atoms with E-state index in [2.05, 4.69) is 23.3 Å². The Bertz CT molecular complexity index is 1270. The second kappa shape index (κ2) is 16.1. The monoisotopic (exact) mass is 712 g/mol. The maximum atomic E-state index is 13.7. The second-order valence-electron chi connectivity index (χ2n) is 14.0. The molecule has 2 unspecified atom stereocenters. The molecule has 0 radical (unpaired) electrons. The molecule has 276 valence electrons. The van der Waals surface area contributed by atoms with Crippen molar-refractivity contribution >= 4 is 0 Å². The first-order chi connectivity index (χ1) is 22.9. The van der Waals surface area contributed by atoms with Crippen LogP contribution in [-0.2, 0) is 6.42 Å². The van der Waals surface area contributed by atoms with Crippen LogP contribution in [0.25, 0.3) is 0 Å². The quantitative estimate of drug-likeness (QED) is 0.182. The molecule has 0 N–H and O–H groups in total. The minimum absolute atomic E-state index is 0.0158. The van der Waals surface area contributed by atoms with Crippen LogP contribution in [0.2, 0.25) is 0 Å². The van der Waals surface area contributed by atoms with Crippen molar-refractivity contribution < 1.29 is 53.4 Å². The Balaban J connectivity index is 1.65. The number of rotatable bonds is 14. The Morgan fingerprint density at radius 3 is 1.49 bits per heavy atom. The lowest BCUT2D eigenvalue weighted by Crippen LogP contribution is -2.41. The number of ether oxygens (including phenoxy) is 2. The van der Waals surface area contributed by atoms with Gasteiger partial charge in [-0.25, -0.2) is 0 Å². The second-order valence-corrected chi connectivity index (χ2v) is 14.0. The van der Waals surface area contributed by atoms with E-state index >= 15 is 0 Å². The van der Waals surface area contributed by atoms with Crippen molar-refractivity contribution in [3.63, 3.8) is 0 Å². The van der Waals surface area contributed by atoms with E-state index in [0.29, 0.717) is 29.7 Å². The summed E-state index contributed by atoms with van der Waals surface area (Å²) in [5.41, 5.74) is 1.50. The van der Waals surface area contributed by atoms with Gasteiger partial charge in [0.15, 0.2) is 0 Å². The highest BCUT2D eigenvalue weighted by atomic mass is 19.4. The maximum absolute atomic E-state index is 13.7. The van der Waals surface area contributed by atoms with Crippen molar-refractivity contribution in [3.05, 3.63) is 59.7 Å². The molecule has 0 amide bonds. The highest BCUT2D eigenvalue weighted by Crippen LogP contribution is 2.48. The van der Waals surface area contributed by atoms with Crippen molar-refractivity contribution in [2.45, 2.75) is 128 Å². The molecular weight excluding hydrogens is 666 g/mol. The number of alkyl halides is 10. The van der Waals surface area contributed by atoms with Crippen molar-refractivity contribution in [1.82, 2.24) is 0 Å². The van der Waals surface area contributed by atoms with Crippen LogP contribution in [-0.4, -0.2) is 24.6 Å². The topological polar surface area (TPSA) is 18.5 Å². The molecule has 2 nitrogen and oxygen atoms in total. The largest absolute Gasteiger partial charge is 0.499 e. The fourth-order valence-corrected chi connectivity index (χ4v) is 7.90. The summed E-state index contributed by atoms with van der Waals surface area (Å²) in [6.07, 6.45) is -9.75. The average molecular weight is 713 g/mol. The van der Waals surface area contributed by atoms with E-state index in [-0.39, 0.29) is 17.8 Å². The summed E-state index contributed by atoms with van der Waals surface area (Å²) in [5, 5.41) is 0. The van der Waals surface area contributed by atoms with Gasteiger partial charge in [0.25, 0.3) is 0 Å². The number of halogens is 10. The summed E-state index contributed by atoms with van der Waals surface area (Å²) in [7, 11) is 0. The minimum atomic E-state index is -5.88. The highest BCUT2D eigenvalue weighted by Gasteiger charge is 2.62. The zero-order chi connectivity index (χ0) is 36.0. The fraction of sp³-hybridized carbons (Fsp3) is 0.676. The predicted octanol–water partition coefficient (Wildman–Crippen LogP) is 12.9. The molecule has 2 atom stereocenters. The number of benzene rings is 2. The van der Waals surface area contributed by atoms with Crippen molar-refractivity contribution in [3.8, 4) is 11.5 Å². The lowest BCUT2D eigenvalue weighted by molar-refractivity contribution is -0.360. The lowest BCUT2D eigenvalue weighted by Gasteiger charge is -2.41. The molecular formula is C37H46F10O2. The van der Waals surface area contributed by atoms with Gasteiger partial charge in [0.2, 0.25) is 0 Å². The van der Waals surface area contributed by atoms with E-state index in [0.717, 1.165) is 107 Å². The predicted molar refractivity (Wildman–Crippen MR) is 167 cm³/mol. The van der Waals surface area contributed by atoms with Gasteiger partial charge in [0.05, 0.1) is 0 Å². The van der Waals surface area contributed by atoms with Crippen LogP contribution in [0.1, 0.15) is 108 Å². The zero-order valence-electron chi connectivity index (χ0n) is 27.9.